The lowest BCUT2D eigenvalue weighted by Gasteiger charge is -2.32. The molecule has 0 saturated carbocycles. The van der Waals surface area contributed by atoms with Crippen molar-refractivity contribution in [1.29, 1.82) is 15.8 Å². The summed E-state index contributed by atoms with van der Waals surface area (Å²) < 4.78 is 0. The van der Waals surface area contributed by atoms with Crippen LogP contribution in [-0.4, -0.2) is 6.54 Å². The van der Waals surface area contributed by atoms with Crippen molar-refractivity contribution in [3.63, 3.8) is 0 Å². The normalized spacial score (nSPS) is 10.2. The average molecular weight is 232 g/mol. The first-order valence-electron chi connectivity index (χ1n) is 6.05. The van der Waals surface area contributed by atoms with Gasteiger partial charge in [-0.05, 0) is 44.1 Å². The van der Waals surface area contributed by atoms with Crippen molar-refractivity contribution in [2.24, 2.45) is 11.1 Å². The molecule has 0 fully saturated rings. The summed E-state index contributed by atoms with van der Waals surface area (Å²) in [6.07, 6.45) is 5.65. The van der Waals surface area contributed by atoms with Gasteiger partial charge in [-0.15, -0.1) is 0 Å². The van der Waals surface area contributed by atoms with Gasteiger partial charge in [-0.3, -0.25) is 0 Å². The second kappa shape index (κ2) is 9.64. The first-order valence-corrected chi connectivity index (χ1v) is 6.05. The lowest BCUT2D eigenvalue weighted by atomic mass is 9.73. The van der Waals surface area contributed by atoms with Gasteiger partial charge in [-0.1, -0.05) is 0 Å². The first-order chi connectivity index (χ1) is 8.24. The molecule has 0 aromatic heterocycles. The van der Waals surface area contributed by atoms with Crippen molar-refractivity contribution in [2.75, 3.05) is 6.54 Å². The molecule has 4 heteroatoms. The Balaban J connectivity index is 4.52. The fourth-order valence-electron chi connectivity index (χ4n) is 2.24. The van der Waals surface area contributed by atoms with Crippen molar-refractivity contribution in [3.05, 3.63) is 0 Å². The van der Waals surface area contributed by atoms with E-state index >= 15 is 0 Å². The van der Waals surface area contributed by atoms with Gasteiger partial charge < -0.3 is 5.73 Å². The number of nitrogens with two attached hydrogens (primary N) is 1. The number of nitrogens with zero attached hydrogens (tertiary/aromatic N) is 3. The molecule has 0 aliphatic carbocycles. The molecular weight excluding hydrogens is 212 g/mol. The molecule has 0 spiro atoms. The summed E-state index contributed by atoms with van der Waals surface area (Å²) in [5, 5.41) is 26.0. The quantitative estimate of drug-likeness (QED) is 0.618. The van der Waals surface area contributed by atoms with Crippen LogP contribution in [0.2, 0.25) is 0 Å². The zero-order chi connectivity index (χ0) is 13.0. The lowest BCUT2D eigenvalue weighted by Crippen LogP contribution is -2.24. The number of rotatable bonds is 9. The highest BCUT2D eigenvalue weighted by atomic mass is 14.5. The molecule has 0 aliphatic heterocycles. The predicted octanol–water partition coefficient (Wildman–Crippen LogP) is 2.62. The van der Waals surface area contributed by atoms with E-state index in [-0.39, 0.29) is 5.41 Å². The minimum Gasteiger partial charge on any atom is -0.330 e. The summed E-state index contributed by atoms with van der Waals surface area (Å²) in [6.45, 7) is 0.573. The predicted molar refractivity (Wildman–Crippen MR) is 65.3 cm³/mol. The standard InChI is InChI=1S/C13H20N4/c14-9-2-1-5-13(8-12-17,6-3-10-15)7-4-11-16/h1-8,12,17H2. The van der Waals surface area contributed by atoms with Gasteiger partial charge in [0, 0.05) is 19.3 Å². The van der Waals surface area contributed by atoms with E-state index in [0.29, 0.717) is 25.8 Å². The van der Waals surface area contributed by atoms with E-state index in [2.05, 4.69) is 18.2 Å². The molecule has 0 aliphatic rings. The Morgan fingerprint density at radius 1 is 0.765 bits per heavy atom. The zero-order valence-corrected chi connectivity index (χ0v) is 10.3. The Labute approximate surface area is 104 Å². The molecule has 92 valence electrons. The minimum atomic E-state index is -0.0168. The fraction of sp³-hybridized carbons (Fsp3) is 0.769. The molecule has 0 saturated heterocycles. The molecule has 0 heterocycles. The maximum absolute atomic E-state index is 8.70. The number of hydrogen-bond donors (Lipinski definition) is 1. The molecule has 0 atom stereocenters. The maximum Gasteiger partial charge on any atom is 0.0621 e. The summed E-state index contributed by atoms with van der Waals surface area (Å²) in [4.78, 5) is 0. The first kappa shape index (κ1) is 15.4. The molecule has 0 rings (SSSR count). The molecule has 0 radical (unpaired) electrons. The second-order valence-electron chi connectivity index (χ2n) is 4.37. The third kappa shape index (κ3) is 6.56. The highest BCUT2D eigenvalue weighted by Crippen LogP contribution is 2.38. The summed E-state index contributed by atoms with van der Waals surface area (Å²) in [5.74, 6) is 0. The summed E-state index contributed by atoms with van der Waals surface area (Å²) in [5.41, 5.74) is 5.61. The van der Waals surface area contributed by atoms with Crippen LogP contribution in [0.15, 0.2) is 0 Å². The van der Waals surface area contributed by atoms with Crippen LogP contribution in [0.1, 0.15) is 51.4 Å². The number of nitriles is 3. The van der Waals surface area contributed by atoms with Gasteiger partial charge >= 0.3 is 0 Å². The van der Waals surface area contributed by atoms with E-state index < -0.39 is 0 Å². The SMILES string of the molecule is N#CCCCC(CCN)(CCC#N)CCC#N. The fourth-order valence-corrected chi connectivity index (χ4v) is 2.24. The molecule has 0 amide bonds. The molecule has 0 aromatic rings. The molecule has 17 heavy (non-hydrogen) atoms. The van der Waals surface area contributed by atoms with Crippen molar-refractivity contribution in [1.82, 2.24) is 0 Å². The molecule has 0 unspecified atom stereocenters. The van der Waals surface area contributed by atoms with Gasteiger partial charge in [0.2, 0.25) is 0 Å². The largest absolute Gasteiger partial charge is 0.330 e. The Morgan fingerprint density at radius 3 is 1.71 bits per heavy atom. The van der Waals surface area contributed by atoms with E-state index in [1.54, 1.807) is 0 Å². The second-order valence-corrected chi connectivity index (χ2v) is 4.37. The van der Waals surface area contributed by atoms with Crippen molar-refractivity contribution in [2.45, 2.75) is 51.4 Å². The highest BCUT2D eigenvalue weighted by molar-refractivity contribution is 4.88. The van der Waals surface area contributed by atoms with Crippen molar-refractivity contribution >= 4 is 0 Å². The van der Waals surface area contributed by atoms with Crippen LogP contribution in [0, 0.1) is 39.4 Å². The Morgan fingerprint density at radius 2 is 1.29 bits per heavy atom. The van der Waals surface area contributed by atoms with Crippen LogP contribution in [0.4, 0.5) is 0 Å². The van der Waals surface area contributed by atoms with E-state index in [0.717, 1.165) is 32.1 Å². The topological polar surface area (TPSA) is 97.4 Å². The van der Waals surface area contributed by atoms with Crippen molar-refractivity contribution in [3.8, 4) is 18.2 Å². The maximum atomic E-state index is 8.70. The van der Waals surface area contributed by atoms with E-state index in [1.165, 1.54) is 0 Å². The Kier molecular flexibility index (Phi) is 8.75. The third-order valence-corrected chi connectivity index (χ3v) is 3.20. The average Bonchev–Trinajstić information content (AvgIpc) is 2.34. The van der Waals surface area contributed by atoms with E-state index in [1.807, 2.05) is 0 Å². The molecule has 2 N–H and O–H groups in total. The zero-order valence-electron chi connectivity index (χ0n) is 10.3. The van der Waals surface area contributed by atoms with E-state index in [9.17, 15) is 0 Å². The number of unbranched alkanes of at least 4 members (excludes halogenated alkanes) is 1. The van der Waals surface area contributed by atoms with Gasteiger partial charge in [0.05, 0.1) is 18.2 Å². The van der Waals surface area contributed by atoms with Gasteiger partial charge in [0.1, 0.15) is 0 Å². The van der Waals surface area contributed by atoms with Gasteiger partial charge in [-0.2, -0.15) is 15.8 Å². The highest BCUT2D eigenvalue weighted by Gasteiger charge is 2.27. The Hall–Kier alpha value is -1.57. The van der Waals surface area contributed by atoms with Gasteiger partial charge in [0.25, 0.3) is 0 Å². The van der Waals surface area contributed by atoms with Crippen LogP contribution in [0.25, 0.3) is 0 Å². The number of hydrogen-bond acceptors (Lipinski definition) is 4. The van der Waals surface area contributed by atoms with Crippen LogP contribution in [-0.2, 0) is 0 Å². The van der Waals surface area contributed by atoms with Crippen LogP contribution >= 0.6 is 0 Å². The summed E-state index contributed by atoms with van der Waals surface area (Å²) in [7, 11) is 0. The Bertz CT molecular complexity index is 298. The third-order valence-electron chi connectivity index (χ3n) is 3.20. The van der Waals surface area contributed by atoms with Crippen LogP contribution < -0.4 is 5.73 Å². The molecule has 0 aromatic carbocycles. The lowest BCUT2D eigenvalue weighted by molar-refractivity contribution is 0.203. The van der Waals surface area contributed by atoms with Crippen LogP contribution in [0.5, 0.6) is 0 Å². The van der Waals surface area contributed by atoms with Crippen molar-refractivity contribution < 1.29 is 0 Å². The van der Waals surface area contributed by atoms with E-state index in [4.69, 9.17) is 21.5 Å². The summed E-state index contributed by atoms with van der Waals surface area (Å²) >= 11 is 0. The molecular formula is C13H20N4. The van der Waals surface area contributed by atoms with Gasteiger partial charge in [-0.25, -0.2) is 0 Å². The monoisotopic (exact) mass is 232 g/mol. The van der Waals surface area contributed by atoms with Crippen LogP contribution in [0.3, 0.4) is 0 Å². The summed E-state index contributed by atoms with van der Waals surface area (Å²) in [6, 6.07) is 6.45. The molecule has 4 nitrogen and oxygen atoms in total. The minimum absolute atomic E-state index is 0.0168. The van der Waals surface area contributed by atoms with Gasteiger partial charge in [0.15, 0.2) is 0 Å². The molecule has 0 bridgehead atoms. The smallest absolute Gasteiger partial charge is 0.0621 e.